The minimum absolute atomic E-state index is 0.172. The van der Waals surface area contributed by atoms with Crippen molar-refractivity contribution < 1.29 is 14.6 Å². The summed E-state index contributed by atoms with van der Waals surface area (Å²) in [6, 6.07) is 6.62. The molecule has 2 aromatic carbocycles. The summed E-state index contributed by atoms with van der Waals surface area (Å²) in [6.07, 6.45) is 0. The van der Waals surface area contributed by atoms with E-state index >= 15 is 0 Å². The molecule has 0 N–H and O–H groups in total. The van der Waals surface area contributed by atoms with Gasteiger partial charge < -0.3 is 0 Å². The molecule has 0 aliphatic heterocycles. The van der Waals surface area contributed by atoms with E-state index in [1.807, 2.05) is 22.6 Å². The molecule has 2 aromatic rings. The van der Waals surface area contributed by atoms with Crippen LogP contribution in [-0.2, 0) is 0 Å². The van der Waals surface area contributed by atoms with Crippen LogP contribution in [0.2, 0.25) is 0 Å². The number of nitro groups is 2. The van der Waals surface area contributed by atoms with Gasteiger partial charge in [-0.2, -0.15) is 0 Å². The lowest BCUT2D eigenvalue weighted by molar-refractivity contribution is -0.385. The number of hydrogen-bond donors (Lipinski definition) is 0. The lowest BCUT2D eigenvalue weighted by Gasteiger charge is -2.03. The lowest BCUT2D eigenvalue weighted by atomic mass is 10.1. The number of rotatable bonds is 2. The summed E-state index contributed by atoms with van der Waals surface area (Å²) in [7, 11) is 0. The van der Waals surface area contributed by atoms with Gasteiger partial charge in [0.05, 0.1) is 9.85 Å². The van der Waals surface area contributed by atoms with Crippen LogP contribution in [0, 0.1) is 23.8 Å². The molecule has 7 nitrogen and oxygen atoms in total. The summed E-state index contributed by atoms with van der Waals surface area (Å²) in [5.41, 5.74) is 1.23. The minimum atomic E-state index is -0.579. The minimum Gasteiger partial charge on any atom is -0.289 e. The zero-order valence-corrected chi connectivity index (χ0v) is 12.4. The van der Waals surface area contributed by atoms with Crippen molar-refractivity contribution in [3.05, 3.63) is 65.3 Å². The van der Waals surface area contributed by atoms with Crippen molar-refractivity contribution in [2.45, 2.75) is 0 Å². The summed E-state index contributed by atoms with van der Waals surface area (Å²) in [5, 5.41) is 21.7. The standard InChI is InChI=1S/C13H5IN2O5/c14-11-5-7(16(20)21)4-10-12(11)8-2-1-6(15(18)19)3-9(8)13(10)17/h1-5H. The Morgan fingerprint density at radius 2 is 1.48 bits per heavy atom. The Balaban J connectivity index is 2.28. The third kappa shape index (κ3) is 1.98. The summed E-state index contributed by atoms with van der Waals surface area (Å²) in [4.78, 5) is 32.9. The van der Waals surface area contributed by atoms with E-state index in [1.54, 1.807) is 0 Å². The largest absolute Gasteiger partial charge is 0.289 e. The number of non-ortho nitro benzene ring substituents is 2. The summed E-state index contributed by atoms with van der Waals surface area (Å²) in [5.74, 6) is -0.426. The number of benzene rings is 2. The molecule has 21 heavy (non-hydrogen) atoms. The predicted octanol–water partition coefficient (Wildman–Crippen LogP) is 3.32. The predicted molar refractivity (Wildman–Crippen MR) is 81.3 cm³/mol. The van der Waals surface area contributed by atoms with E-state index < -0.39 is 15.6 Å². The highest BCUT2D eigenvalue weighted by Crippen LogP contribution is 2.42. The van der Waals surface area contributed by atoms with Crippen LogP contribution in [0.15, 0.2) is 30.3 Å². The first-order valence-corrected chi connectivity index (χ1v) is 6.79. The third-order valence-electron chi connectivity index (χ3n) is 3.26. The Morgan fingerprint density at radius 1 is 0.857 bits per heavy atom. The SMILES string of the molecule is O=C1c2cc([N+](=O)[O-])ccc2-c2c(I)cc([N+](=O)[O-])cc21. The Labute approximate surface area is 131 Å². The fourth-order valence-electron chi connectivity index (χ4n) is 2.35. The molecule has 0 atom stereocenters. The molecule has 0 saturated heterocycles. The van der Waals surface area contributed by atoms with Crippen LogP contribution in [0.4, 0.5) is 11.4 Å². The van der Waals surface area contributed by atoms with Crippen molar-refractivity contribution in [1.29, 1.82) is 0 Å². The van der Waals surface area contributed by atoms with Gasteiger partial charge in [0.25, 0.3) is 11.4 Å². The summed E-state index contributed by atoms with van der Waals surface area (Å²) >= 11 is 1.92. The smallest absolute Gasteiger partial charge is 0.271 e. The second kappa shape index (κ2) is 4.58. The lowest BCUT2D eigenvalue weighted by Crippen LogP contribution is -1.98. The molecule has 0 fully saturated rings. The number of nitrogens with zero attached hydrogens (tertiary/aromatic N) is 2. The zero-order chi connectivity index (χ0) is 15.3. The van der Waals surface area contributed by atoms with Crippen molar-refractivity contribution in [2.75, 3.05) is 0 Å². The van der Waals surface area contributed by atoms with E-state index in [4.69, 9.17) is 0 Å². The van der Waals surface area contributed by atoms with Gasteiger partial charge in [0, 0.05) is 44.5 Å². The average molecular weight is 396 g/mol. The van der Waals surface area contributed by atoms with Crippen LogP contribution in [0.5, 0.6) is 0 Å². The summed E-state index contributed by atoms with van der Waals surface area (Å²) < 4.78 is 0.567. The molecule has 0 radical (unpaired) electrons. The first-order valence-electron chi connectivity index (χ1n) is 5.71. The Kier molecular flexibility index (Phi) is 2.97. The molecule has 104 valence electrons. The molecule has 0 saturated carbocycles. The van der Waals surface area contributed by atoms with E-state index in [1.165, 1.54) is 30.3 Å². The molecule has 0 bridgehead atoms. The molecule has 0 unspecified atom stereocenters. The van der Waals surface area contributed by atoms with Crippen LogP contribution in [0.3, 0.4) is 0 Å². The zero-order valence-electron chi connectivity index (χ0n) is 10.2. The van der Waals surface area contributed by atoms with Crippen LogP contribution in [-0.4, -0.2) is 15.6 Å². The number of halogens is 1. The Bertz CT molecular complexity index is 847. The molecule has 0 heterocycles. The fraction of sp³-hybridized carbons (Fsp3) is 0. The fourth-order valence-corrected chi connectivity index (χ4v) is 3.25. The topological polar surface area (TPSA) is 103 Å². The molecule has 1 aliphatic carbocycles. The summed E-state index contributed by atoms with van der Waals surface area (Å²) in [6.45, 7) is 0. The molecule has 0 aromatic heterocycles. The highest BCUT2D eigenvalue weighted by Gasteiger charge is 2.32. The van der Waals surface area contributed by atoms with Crippen molar-refractivity contribution in [3.63, 3.8) is 0 Å². The second-order valence-corrected chi connectivity index (χ2v) is 5.59. The maximum atomic E-state index is 12.3. The van der Waals surface area contributed by atoms with E-state index in [2.05, 4.69) is 0 Å². The van der Waals surface area contributed by atoms with Crippen molar-refractivity contribution in [2.24, 2.45) is 0 Å². The first kappa shape index (κ1) is 13.6. The van der Waals surface area contributed by atoms with Gasteiger partial charge in [0.15, 0.2) is 5.78 Å². The van der Waals surface area contributed by atoms with Crippen molar-refractivity contribution >= 4 is 39.7 Å². The third-order valence-corrected chi connectivity index (χ3v) is 4.11. The van der Waals surface area contributed by atoms with Gasteiger partial charge in [-0.3, -0.25) is 25.0 Å². The molecule has 0 spiro atoms. The Hall–Kier alpha value is -2.36. The van der Waals surface area contributed by atoms with Crippen molar-refractivity contribution in [1.82, 2.24) is 0 Å². The number of carbonyl (C=O) groups excluding carboxylic acids is 1. The van der Waals surface area contributed by atoms with Gasteiger partial charge in [-0.1, -0.05) is 0 Å². The number of carbonyl (C=O) groups is 1. The van der Waals surface area contributed by atoms with Gasteiger partial charge in [-0.15, -0.1) is 0 Å². The van der Waals surface area contributed by atoms with E-state index in [0.29, 0.717) is 14.7 Å². The van der Waals surface area contributed by atoms with E-state index in [9.17, 15) is 25.0 Å². The van der Waals surface area contributed by atoms with Gasteiger partial charge >= 0.3 is 0 Å². The average Bonchev–Trinajstić information content (AvgIpc) is 2.72. The quantitative estimate of drug-likeness (QED) is 0.376. The second-order valence-electron chi connectivity index (χ2n) is 4.42. The first-order chi connectivity index (χ1) is 9.90. The van der Waals surface area contributed by atoms with Crippen LogP contribution in [0.1, 0.15) is 15.9 Å². The molecule has 1 aliphatic rings. The number of fused-ring (bicyclic) bond motifs is 3. The Morgan fingerprint density at radius 3 is 2.10 bits per heavy atom. The highest BCUT2D eigenvalue weighted by atomic mass is 127. The highest BCUT2D eigenvalue weighted by molar-refractivity contribution is 14.1. The molecule has 3 rings (SSSR count). The normalized spacial score (nSPS) is 12.0. The molecule has 8 heteroatoms. The van der Waals surface area contributed by atoms with Crippen LogP contribution >= 0.6 is 22.6 Å². The monoisotopic (exact) mass is 396 g/mol. The van der Waals surface area contributed by atoms with Gasteiger partial charge in [0.2, 0.25) is 0 Å². The van der Waals surface area contributed by atoms with Gasteiger partial charge in [0.1, 0.15) is 0 Å². The number of nitro benzene ring substituents is 2. The molecule has 0 amide bonds. The van der Waals surface area contributed by atoms with Crippen LogP contribution < -0.4 is 0 Å². The van der Waals surface area contributed by atoms with E-state index in [0.717, 1.165) is 0 Å². The number of hydrogen-bond acceptors (Lipinski definition) is 5. The number of ketones is 1. The van der Waals surface area contributed by atoms with Crippen LogP contribution in [0.25, 0.3) is 11.1 Å². The van der Waals surface area contributed by atoms with Gasteiger partial charge in [-0.05, 0) is 34.2 Å². The maximum absolute atomic E-state index is 12.3. The molecular weight excluding hydrogens is 391 g/mol. The van der Waals surface area contributed by atoms with E-state index in [-0.39, 0.29) is 22.5 Å². The van der Waals surface area contributed by atoms with Crippen molar-refractivity contribution in [3.8, 4) is 11.1 Å². The molecular formula is C13H5IN2O5. The van der Waals surface area contributed by atoms with Gasteiger partial charge in [-0.25, -0.2) is 0 Å². The maximum Gasteiger partial charge on any atom is 0.271 e.